The van der Waals surface area contributed by atoms with Crippen LogP contribution in [0.5, 0.6) is 0 Å². The van der Waals surface area contributed by atoms with Crippen molar-refractivity contribution >= 4 is 31.9 Å². The summed E-state index contributed by atoms with van der Waals surface area (Å²) in [5.74, 6) is 4.81. The van der Waals surface area contributed by atoms with Crippen LogP contribution < -0.4 is 11.3 Å². The average Bonchev–Trinajstić information content (AvgIpc) is 2.43. The fraction of sp³-hybridized carbons (Fsp3) is 0.143. The van der Waals surface area contributed by atoms with Gasteiger partial charge < -0.3 is 0 Å². The lowest BCUT2D eigenvalue weighted by Crippen LogP contribution is -2.30. The minimum Gasteiger partial charge on any atom is -0.271 e. The molecule has 0 fully saturated rings. The fourth-order valence-electron chi connectivity index (χ4n) is 1.97. The third-order valence-electron chi connectivity index (χ3n) is 2.99. The molecule has 0 amide bonds. The number of nitrogens with two attached hydrogens (primary N) is 1. The first-order valence-corrected chi connectivity index (χ1v) is 7.45. The van der Waals surface area contributed by atoms with E-state index in [1.165, 1.54) is 12.1 Å². The smallest absolute Gasteiger partial charge is 0.142 e. The highest BCUT2D eigenvalue weighted by molar-refractivity contribution is 9.10. The first-order chi connectivity index (χ1) is 9.52. The molecule has 2 aromatic rings. The van der Waals surface area contributed by atoms with E-state index in [1.54, 1.807) is 24.3 Å². The molecule has 106 valence electrons. The van der Waals surface area contributed by atoms with Crippen molar-refractivity contribution in [1.29, 1.82) is 0 Å². The molecule has 20 heavy (non-hydrogen) atoms. The summed E-state index contributed by atoms with van der Waals surface area (Å²) in [6.45, 7) is 0. The van der Waals surface area contributed by atoms with E-state index in [9.17, 15) is 8.78 Å². The highest BCUT2D eigenvalue weighted by Crippen LogP contribution is 2.28. The van der Waals surface area contributed by atoms with Crippen LogP contribution in [-0.4, -0.2) is 0 Å². The second-order valence-corrected chi connectivity index (χ2v) is 6.01. The zero-order valence-corrected chi connectivity index (χ0v) is 13.5. The van der Waals surface area contributed by atoms with Gasteiger partial charge >= 0.3 is 0 Å². The Balaban J connectivity index is 2.34. The van der Waals surface area contributed by atoms with E-state index in [0.29, 0.717) is 22.0 Å². The number of benzene rings is 2. The lowest BCUT2D eigenvalue weighted by molar-refractivity contribution is 0.506. The maximum Gasteiger partial charge on any atom is 0.142 e. The molecule has 0 heterocycles. The molecule has 2 nitrogen and oxygen atoms in total. The molecule has 3 N–H and O–H groups in total. The third kappa shape index (κ3) is 3.44. The minimum atomic E-state index is -0.453. The Labute approximate surface area is 132 Å². The number of hydrazine groups is 1. The number of nitrogens with one attached hydrogen (secondary N) is 1. The van der Waals surface area contributed by atoms with Crippen LogP contribution in [0, 0.1) is 11.6 Å². The molecule has 0 spiro atoms. The van der Waals surface area contributed by atoms with Gasteiger partial charge in [-0.1, -0.05) is 28.1 Å². The second-order valence-electron chi connectivity index (χ2n) is 4.30. The Morgan fingerprint density at radius 3 is 2.55 bits per heavy atom. The predicted molar refractivity (Wildman–Crippen MR) is 82.0 cm³/mol. The molecule has 0 aliphatic rings. The molecule has 6 heteroatoms. The van der Waals surface area contributed by atoms with Crippen molar-refractivity contribution in [2.75, 3.05) is 0 Å². The molecule has 0 saturated carbocycles. The minimum absolute atomic E-state index is 0.339. The van der Waals surface area contributed by atoms with Crippen molar-refractivity contribution in [2.45, 2.75) is 12.5 Å². The van der Waals surface area contributed by atoms with E-state index >= 15 is 0 Å². The Hall–Kier alpha value is -0.820. The van der Waals surface area contributed by atoms with Crippen LogP contribution in [0.15, 0.2) is 45.3 Å². The molecule has 0 aromatic heterocycles. The van der Waals surface area contributed by atoms with Gasteiger partial charge in [0, 0.05) is 10.0 Å². The predicted octanol–water partition coefficient (Wildman–Crippen LogP) is 4.24. The van der Waals surface area contributed by atoms with E-state index in [2.05, 4.69) is 37.3 Å². The molecule has 0 aliphatic heterocycles. The molecule has 1 atom stereocenters. The van der Waals surface area contributed by atoms with Gasteiger partial charge in [0.25, 0.3) is 0 Å². The first kappa shape index (κ1) is 15.6. The topological polar surface area (TPSA) is 38.0 Å². The quantitative estimate of drug-likeness (QED) is 0.589. The second kappa shape index (κ2) is 6.76. The molecule has 0 radical (unpaired) electrons. The highest BCUT2D eigenvalue weighted by atomic mass is 79.9. The van der Waals surface area contributed by atoms with Crippen molar-refractivity contribution in [3.63, 3.8) is 0 Å². The molecule has 2 rings (SSSR count). The molecule has 2 aromatic carbocycles. The lowest BCUT2D eigenvalue weighted by Gasteiger charge is -2.18. The molecule has 0 aliphatic carbocycles. The summed E-state index contributed by atoms with van der Waals surface area (Å²) in [5.41, 5.74) is 3.72. The first-order valence-electron chi connectivity index (χ1n) is 5.87. The van der Waals surface area contributed by atoms with Crippen LogP contribution in [0.3, 0.4) is 0 Å². The molecular weight excluding hydrogens is 394 g/mol. The summed E-state index contributed by atoms with van der Waals surface area (Å²) in [5, 5.41) is 0. The summed E-state index contributed by atoms with van der Waals surface area (Å²) in [6.07, 6.45) is 0.363. The van der Waals surface area contributed by atoms with E-state index < -0.39 is 6.04 Å². The van der Waals surface area contributed by atoms with E-state index in [0.717, 1.165) is 4.47 Å². The van der Waals surface area contributed by atoms with Gasteiger partial charge in [-0.2, -0.15) is 0 Å². The van der Waals surface area contributed by atoms with Gasteiger partial charge in [-0.15, -0.1) is 0 Å². The van der Waals surface area contributed by atoms with Crippen molar-refractivity contribution < 1.29 is 8.78 Å². The van der Waals surface area contributed by atoms with Gasteiger partial charge in [0.1, 0.15) is 11.6 Å². The number of halogens is 4. The fourth-order valence-corrected chi connectivity index (χ4v) is 2.76. The zero-order chi connectivity index (χ0) is 14.7. The summed E-state index contributed by atoms with van der Waals surface area (Å²) in [7, 11) is 0. The van der Waals surface area contributed by atoms with Gasteiger partial charge in [-0.3, -0.25) is 11.3 Å². The van der Waals surface area contributed by atoms with Gasteiger partial charge in [-0.25, -0.2) is 8.78 Å². The molecular formula is C14H12Br2F2N2. The van der Waals surface area contributed by atoms with Gasteiger partial charge in [-0.05, 0) is 52.2 Å². The van der Waals surface area contributed by atoms with E-state index in [4.69, 9.17) is 5.84 Å². The van der Waals surface area contributed by atoms with Crippen LogP contribution in [-0.2, 0) is 6.42 Å². The van der Waals surface area contributed by atoms with Crippen LogP contribution in [0.4, 0.5) is 8.78 Å². The van der Waals surface area contributed by atoms with E-state index in [-0.39, 0.29) is 11.6 Å². The Kier molecular flexibility index (Phi) is 5.26. The maximum absolute atomic E-state index is 14.1. The summed E-state index contributed by atoms with van der Waals surface area (Å²) in [6, 6.07) is 8.93. The maximum atomic E-state index is 14.1. The van der Waals surface area contributed by atoms with Gasteiger partial charge in [0.05, 0.1) is 10.5 Å². The van der Waals surface area contributed by atoms with Crippen LogP contribution >= 0.6 is 31.9 Å². The monoisotopic (exact) mass is 404 g/mol. The molecule has 0 bridgehead atoms. The lowest BCUT2D eigenvalue weighted by atomic mass is 9.99. The Morgan fingerprint density at radius 1 is 1.10 bits per heavy atom. The number of hydrogen-bond donors (Lipinski definition) is 2. The summed E-state index contributed by atoms with van der Waals surface area (Å²) in [4.78, 5) is 0. The normalized spacial score (nSPS) is 12.4. The van der Waals surface area contributed by atoms with Gasteiger partial charge in [0.2, 0.25) is 0 Å². The largest absolute Gasteiger partial charge is 0.271 e. The molecule has 1 unspecified atom stereocenters. The highest BCUT2D eigenvalue weighted by Gasteiger charge is 2.18. The van der Waals surface area contributed by atoms with E-state index in [1.807, 2.05) is 0 Å². The summed E-state index contributed by atoms with van der Waals surface area (Å²) >= 11 is 6.50. The van der Waals surface area contributed by atoms with Crippen molar-refractivity contribution in [3.05, 3.63) is 68.1 Å². The number of hydrogen-bond acceptors (Lipinski definition) is 2. The summed E-state index contributed by atoms with van der Waals surface area (Å²) < 4.78 is 28.5. The average molecular weight is 406 g/mol. The van der Waals surface area contributed by atoms with Gasteiger partial charge in [0.15, 0.2) is 0 Å². The van der Waals surface area contributed by atoms with Crippen LogP contribution in [0.25, 0.3) is 0 Å². The van der Waals surface area contributed by atoms with Crippen LogP contribution in [0.2, 0.25) is 0 Å². The number of rotatable bonds is 4. The third-order valence-corrected chi connectivity index (χ3v) is 4.38. The molecule has 0 saturated heterocycles. The standard InChI is InChI=1S/C14H12Br2F2N2/c15-11-5-4-9(17)6-8(11)7-13(20-19)10-2-1-3-12(16)14(10)18/h1-6,13,20H,7,19H2. The zero-order valence-electron chi connectivity index (χ0n) is 10.3. The van der Waals surface area contributed by atoms with Crippen molar-refractivity contribution in [3.8, 4) is 0 Å². The van der Waals surface area contributed by atoms with Crippen molar-refractivity contribution in [2.24, 2.45) is 5.84 Å². The Morgan fingerprint density at radius 2 is 1.85 bits per heavy atom. The van der Waals surface area contributed by atoms with Crippen molar-refractivity contribution in [1.82, 2.24) is 5.43 Å². The SMILES string of the molecule is NNC(Cc1cc(F)ccc1Br)c1cccc(Br)c1F. The van der Waals surface area contributed by atoms with Crippen LogP contribution in [0.1, 0.15) is 17.2 Å². The Bertz CT molecular complexity index is 620.